The van der Waals surface area contributed by atoms with E-state index in [-0.39, 0.29) is 36.4 Å². The van der Waals surface area contributed by atoms with Gasteiger partial charge in [0, 0.05) is 6.54 Å². The topological polar surface area (TPSA) is 67.2 Å². The Bertz CT molecular complexity index is 389. The summed E-state index contributed by atoms with van der Waals surface area (Å²) in [5.74, 6) is -0.834. The van der Waals surface area contributed by atoms with Crippen molar-refractivity contribution in [3.63, 3.8) is 0 Å². The highest BCUT2D eigenvalue weighted by molar-refractivity contribution is 5.99. The maximum absolute atomic E-state index is 13.3. The van der Waals surface area contributed by atoms with Gasteiger partial charge in [-0.25, -0.2) is 4.39 Å². The number of halogens is 3. The van der Waals surface area contributed by atoms with Crippen LogP contribution < -0.4 is 16.4 Å². The van der Waals surface area contributed by atoms with Crippen molar-refractivity contribution in [1.82, 2.24) is 0 Å². The Morgan fingerprint density at radius 1 is 1.38 bits per heavy atom. The third-order valence-corrected chi connectivity index (χ3v) is 2.11. The molecule has 90 valence electrons. The largest absolute Gasteiger partial charge is 0.381 e. The second-order valence-corrected chi connectivity index (χ2v) is 3.14. The van der Waals surface area contributed by atoms with Crippen LogP contribution >= 0.6 is 24.8 Å². The van der Waals surface area contributed by atoms with Gasteiger partial charge in [0.2, 0.25) is 5.91 Å². The molecule has 4 N–H and O–H groups in total. The van der Waals surface area contributed by atoms with Gasteiger partial charge in [-0.3, -0.25) is 4.79 Å². The fraction of sp³-hybridized carbons (Fsp3) is 0.222. The average Bonchev–Trinajstić information content (AvgIpc) is 2.30. The summed E-state index contributed by atoms with van der Waals surface area (Å²) in [4.78, 5) is 11.3. The summed E-state index contributed by atoms with van der Waals surface area (Å²) in [5.41, 5.74) is 6.24. The van der Waals surface area contributed by atoms with Gasteiger partial charge in [-0.15, -0.1) is 24.8 Å². The van der Waals surface area contributed by atoms with Gasteiger partial charge in [0.25, 0.3) is 0 Å². The molecule has 0 bridgehead atoms. The van der Waals surface area contributed by atoms with E-state index in [9.17, 15) is 9.18 Å². The molecule has 16 heavy (non-hydrogen) atoms. The minimum absolute atomic E-state index is 0. The van der Waals surface area contributed by atoms with E-state index in [1.807, 2.05) is 0 Å². The van der Waals surface area contributed by atoms with Crippen LogP contribution in [-0.2, 0) is 4.79 Å². The molecule has 1 amide bonds. The lowest BCUT2D eigenvalue weighted by Gasteiger charge is -2.07. The van der Waals surface area contributed by atoms with E-state index >= 15 is 0 Å². The van der Waals surface area contributed by atoms with Gasteiger partial charge in [-0.1, -0.05) is 6.07 Å². The van der Waals surface area contributed by atoms with Crippen molar-refractivity contribution in [2.24, 2.45) is 5.73 Å². The number of benzene rings is 1. The summed E-state index contributed by atoms with van der Waals surface area (Å²) in [6, 6.07) is 3.90. The molecule has 0 aliphatic carbocycles. The highest BCUT2D eigenvalue weighted by Gasteiger charge is 2.21. The quantitative estimate of drug-likeness (QED) is 0.665. The second-order valence-electron chi connectivity index (χ2n) is 3.14. The zero-order valence-corrected chi connectivity index (χ0v) is 9.83. The molecule has 0 fully saturated rings. The number of rotatable bonds is 0. The molecule has 1 aromatic carbocycles. The SMILES string of the molecule is Cl.Cl.NC1CNc2cccc(F)c2NC1=O. The number of nitrogens with one attached hydrogen (secondary N) is 2. The molecule has 1 heterocycles. The van der Waals surface area contributed by atoms with Crippen molar-refractivity contribution < 1.29 is 9.18 Å². The summed E-state index contributed by atoms with van der Waals surface area (Å²) in [6.07, 6.45) is 0. The molecule has 1 atom stereocenters. The lowest BCUT2D eigenvalue weighted by atomic mass is 10.2. The molecule has 0 radical (unpaired) electrons. The number of anilines is 2. The number of fused-ring (bicyclic) bond motifs is 1. The summed E-state index contributed by atoms with van der Waals surface area (Å²) in [5, 5.41) is 5.34. The molecular weight excluding hydrogens is 256 g/mol. The van der Waals surface area contributed by atoms with Crippen LogP contribution in [-0.4, -0.2) is 18.5 Å². The molecule has 7 heteroatoms. The predicted molar refractivity (Wildman–Crippen MR) is 66.0 cm³/mol. The Hall–Kier alpha value is -1.04. The number of nitrogens with two attached hydrogens (primary N) is 1. The Balaban J connectivity index is 0.00000112. The molecular formula is C9H12Cl2FN3O. The van der Waals surface area contributed by atoms with Crippen LogP contribution in [0, 0.1) is 5.82 Å². The fourth-order valence-electron chi connectivity index (χ4n) is 1.33. The van der Waals surface area contributed by atoms with Gasteiger partial charge in [0.05, 0.1) is 5.69 Å². The van der Waals surface area contributed by atoms with Gasteiger partial charge in [-0.2, -0.15) is 0 Å². The molecule has 0 spiro atoms. The van der Waals surface area contributed by atoms with Crippen LogP contribution in [0.25, 0.3) is 0 Å². The smallest absolute Gasteiger partial charge is 0.243 e. The van der Waals surface area contributed by atoms with E-state index in [4.69, 9.17) is 5.73 Å². The van der Waals surface area contributed by atoms with Crippen molar-refractivity contribution >= 4 is 42.1 Å². The van der Waals surface area contributed by atoms with Gasteiger partial charge in [-0.05, 0) is 12.1 Å². The first kappa shape index (κ1) is 15.0. The zero-order chi connectivity index (χ0) is 10.1. The maximum atomic E-state index is 13.3. The molecule has 1 aromatic rings. The molecule has 2 rings (SSSR count). The van der Waals surface area contributed by atoms with E-state index in [0.717, 1.165) is 0 Å². The Labute approximate surface area is 105 Å². The minimum atomic E-state index is -0.651. The summed E-state index contributed by atoms with van der Waals surface area (Å²) < 4.78 is 13.3. The first-order chi connectivity index (χ1) is 6.68. The van der Waals surface area contributed by atoms with Crippen molar-refractivity contribution in [1.29, 1.82) is 0 Å². The van der Waals surface area contributed by atoms with Crippen LogP contribution in [0.3, 0.4) is 0 Å². The lowest BCUT2D eigenvalue weighted by molar-refractivity contribution is -0.117. The van der Waals surface area contributed by atoms with E-state index in [1.54, 1.807) is 12.1 Å². The molecule has 0 saturated carbocycles. The number of carbonyl (C=O) groups excluding carboxylic acids is 1. The number of hydrogen-bond acceptors (Lipinski definition) is 3. The highest BCUT2D eigenvalue weighted by Crippen LogP contribution is 2.26. The normalized spacial score (nSPS) is 17.9. The van der Waals surface area contributed by atoms with Crippen molar-refractivity contribution in [3.05, 3.63) is 24.0 Å². The van der Waals surface area contributed by atoms with Crippen LogP contribution in [0.15, 0.2) is 18.2 Å². The highest BCUT2D eigenvalue weighted by atomic mass is 35.5. The second kappa shape index (κ2) is 5.89. The van der Waals surface area contributed by atoms with Gasteiger partial charge in [0.1, 0.15) is 17.5 Å². The number of carbonyl (C=O) groups is 1. The predicted octanol–water partition coefficient (Wildman–Crippen LogP) is 1.36. The zero-order valence-electron chi connectivity index (χ0n) is 8.20. The third kappa shape index (κ3) is 2.75. The Morgan fingerprint density at radius 3 is 2.75 bits per heavy atom. The number of hydrogen-bond donors (Lipinski definition) is 3. The maximum Gasteiger partial charge on any atom is 0.243 e. The first-order valence-electron chi connectivity index (χ1n) is 4.27. The Kier molecular flexibility index (Phi) is 5.50. The third-order valence-electron chi connectivity index (χ3n) is 2.11. The van der Waals surface area contributed by atoms with Crippen LogP contribution in [0.4, 0.5) is 15.8 Å². The van der Waals surface area contributed by atoms with E-state index in [2.05, 4.69) is 10.6 Å². The average molecular weight is 268 g/mol. The molecule has 4 nitrogen and oxygen atoms in total. The lowest BCUT2D eigenvalue weighted by Crippen LogP contribution is -2.39. The van der Waals surface area contributed by atoms with Crippen molar-refractivity contribution in [2.75, 3.05) is 17.2 Å². The van der Waals surface area contributed by atoms with Crippen LogP contribution in [0.2, 0.25) is 0 Å². The van der Waals surface area contributed by atoms with Crippen LogP contribution in [0.1, 0.15) is 0 Å². The molecule has 1 aliphatic heterocycles. The Morgan fingerprint density at radius 2 is 2.06 bits per heavy atom. The van der Waals surface area contributed by atoms with E-state index < -0.39 is 11.9 Å². The fourth-order valence-corrected chi connectivity index (χ4v) is 1.33. The minimum Gasteiger partial charge on any atom is -0.381 e. The summed E-state index contributed by atoms with van der Waals surface area (Å²) in [6.45, 7) is 0.308. The molecule has 0 aromatic heterocycles. The monoisotopic (exact) mass is 267 g/mol. The van der Waals surface area contributed by atoms with E-state index in [1.165, 1.54) is 6.07 Å². The van der Waals surface area contributed by atoms with E-state index in [0.29, 0.717) is 12.2 Å². The number of amides is 1. The van der Waals surface area contributed by atoms with Gasteiger partial charge < -0.3 is 16.4 Å². The number of para-hydroxylation sites is 1. The molecule has 1 aliphatic rings. The van der Waals surface area contributed by atoms with Gasteiger partial charge in [0.15, 0.2) is 0 Å². The van der Waals surface area contributed by atoms with Crippen molar-refractivity contribution in [2.45, 2.75) is 6.04 Å². The first-order valence-corrected chi connectivity index (χ1v) is 4.27. The standard InChI is InChI=1S/C9H10FN3O.2ClH/c10-5-2-1-3-7-8(5)13-9(14)6(11)4-12-7;;/h1-3,6,12H,4,11H2,(H,13,14);2*1H. The summed E-state index contributed by atoms with van der Waals surface area (Å²) >= 11 is 0. The van der Waals surface area contributed by atoms with Crippen molar-refractivity contribution in [3.8, 4) is 0 Å². The molecule has 1 unspecified atom stereocenters. The molecule has 0 saturated heterocycles. The van der Waals surface area contributed by atoms with Crippen LogP contribution in [0.5, 0.6) is 0 Å². The van der Waals surface area contributed by atoms with Gasteiger partial charge >= 0.3 is 0 Å². The summed E-state index contributed by atoms with van der Waals surface area (Å²) in [7, 11) is 0.